The quantitative estimate of drug-likeness (QED) is 0.0350. The molecule has 0 aromatic carbocycles. The van der Waals surface area contributed by atoms with Crippen LogP contribution in [0.4, 0.5) is 0 Å². The second-order valence-corrected chi connectivity index (χ2v) is 27.5. The Morgan fingerprint density at radius 2 is 0.940 bits per heavy atom. The molecule has 4 heterocycles. The summed E-state index contributed by atoms with van der Waals surface area (Å²) >= 11 is 0. The lowest BCUT2D eigenvalue weighted by Crippen LogP contribution is -2.72. The van der Waals surface area contributed by atoms with E-state index < -0.39 is 216 Å². The SMILES string of the molecule is CCCCCCCCCCCCCCCC(=O)NC(COC1OC(CO)C(OC2OC(CO)C(O)C(OC3(C(=O)O)CC(O)C(NC(C)=O)C(C(O)C(CO)OC4(C(=O)O)CC(O)C(NC(C)=O)C(C(O)C(O)CO)O4)O3)C2O)C(O)C1O)C(O)CCCCCCCCCCCCCCC. The number of amides is 3. The van der Waals surface area contributed by atoms with Crippen LogP contribution < -0.4 is 16.0 Å². The van der Waals surface area contributed by atoms with Crippen molar-refractivity contribution in [3.63, 3.8) is 0 Å². The number of rotatable bonds is 51. The van der Waals surface area contributed by atoms with Crippen molar-refractivity contribution in [2.75, 3.05) is 33.0 Å². The van der Waals surface area contributed by atoms with Gasteiger partial charge in [-0.05, 0) is 12.8 Å². The number of aliphatic carboxylic acids is 2. The van der Waals surface area contributed by atoms with Gasteiger partial charge in [0.2, 0.25) is 17.7 Å². The Morgan fingerprint density at radius 3 is 1.39 bits per heavy atom. The predicted octanol–water partition coefficient (Wildman–Crippen LogP) is -0.217. The highest BCUT2D eigenvalue weighted by molar-refractivity contribution is 5.78. The van der Waals surface area contributed by atoms with Gasteiger partial charge in [-0.1, -0.05) is 174 Å². The van der Waals surface area contributed by atoms with Crippen LogP contribution in [-0.2, 0) is 61.9 Å². The van der Waals surface area contributed by atoms with Gasteiger partial charge in [-0.15, -0.1) is 0 Å². The minimum Gasteiger partial charge on any atom is -0.477 e. The maximum Gasteiger partial charge on any atom is 0.364 e. The van der Waals surface area contributed by atoms with Crippen LogP contribution >= 0.6 is 0 Å². The van der Waals surface area contributed by atoms with Crippen LogP contribution in [0, 0.1) is 0 Å². The molecule has 3 amide bonds. The second kappa shape index (κ2) is 46.4. The first-order chi connectivity index (χ1) is 47.7. The van der Waals surface area contributed by atoms with Crippen LogP contribution in [0.15, 0.2) is 0 Å². The largest absolute Gasteiger partial charge is 0.477 e. The Hall–Kier alpha value is -3.53. The highest BCUT2D eigenvalue weighted by atomic mass is 16.8. The fraction of sp³-hybridized carbons (Fsp3) is 0.926. The molecule has 584 valence electrons. The van der Waals surface area contributed by atoms with E-state index >= 15 is 0 Å². The van der Waals surface area contributed by atoms with E-state index in [9.17, 15) is 106 Å². The Balaban J connectivity index is 1.50. The average molecular weight is 1450 g/mol. The number of carbonyl (C=O) groups excluding carboxylic acids is 3. The number of unbranched alkanes of at least 4 members (excludes halogenated alkanes) is 24. The number of aliphatic hydroxyl groups is 14. The summed E-state index contributed by atoms with van der Waals surface area (Å²) in [5.41, 5.74) is 0. The lowest BCUT2D eigenvalue weighted by Gasteiger charge is -2.51. The highest BCUT2D eigenvalue weighted by Crippen LogP contribution is 2.41. The minimum absolute atomic E-state index is 0.179. The topological polar surface area (TPSA) is 519 Å². The highest BCUT2D eigenvalue weighted by Gasteiger charge is 2.62. The van der Waals surface area contributed by atoms with Crippen molar-refractivity contribution in [3.05, 3.63) is 0 Å². The van der Waals surface area contributed by atoms with Gasteiger partial charge in [0, 0.05) is 33.1 Å². The first-order valence-corrected chi connectivity index (χ1v) is 36.5. The summed E-state index contributed by atoms with van der Waals surface area (Å²) in [5, 5.41) is 185. The standard InChI is InChI=1S/C68H123N3O29/c1-5-7-9-11-13-15-17-19-21-23-25-27-29-31-43(78)42(71-50(82)32-30-28-26-24-22-20-18-16-14-12-10-8-6-2)39-93-63-57(87)56(86)59(49(38-75)95-63)96-64-58(88)62(54(84)47(36-73)94-64)100-68(66(91)92)34-45(80)52(70-41(4)77)61(99-68)55(85)48(37-74)97-67(65(89)90)33-44(79)51(69-40(3)76)60(98-67)53(83)46(81)35-72/h42-49,51-64,72-75,78-81,83-88H,5-39H2,1-4H3,(H,69,76)(H,70,77)(H,71,82)(H,89,90)(H,91,92). The zero-order valence-corrected chi connectivity index (χ0v) is 58.9. The fourth-order valence-electron chi connectivity index (χ4n) is 13.5. The van der Waals surface area contributed by atoms with Crippen molar-refractivity contribution in [1.82, 2.24) is 16.0 Å². The van der Waals surface area contributed by atoms with Gasteiger partial charge >= 0.3 is 11.9 Å². The lowest BCUT2D eigenvalue weighted by atomic mass is 9.87. The molecule has 0 bridgehead atoms. The van der Waals surface area contributed by atoms with Crippen molar-refractivity contribution < 1.29 is 144 Å². The Kier molecular flexibility index (Phi) is 41.3. The van der Waals surface area contributed by atoms with Gasteiger partial charge in [-0.3, -0.25) is 14.4 Å². The van der Waals surface area contributed by atoms with E-state index in [0.29, 0.717) is 19.3 Å². The molecule has 32 heteroatoms. The molecular weight excluding hydrogens is 1320 g/mol. The molecule has 0 aromatic heterocycles. The molecule has 0 aliphatic carbocycles. The summed E-state index contributed by atoms with van der Waals surface area (Å²) < 4.78 is 46.5. The number of hydrogen-bond donors (Lipinski definition) is 19. The van der Waals surface area contributed by atoms with Gasteiger partial charge in [0.15, 0.2) is 12.6 Å². The minimum atomic E-state index is -3.39. The summed E-state index contributed by atoms with van der Waals surface area (Å²) in [4.78, 5) is 64.9. The van der Waals surface area contributed by atoms with Crippen LogP contribution in [0.3, 0.4) is 0 Å². The molecule has 32 nitrogen and oxygen atoms in total. The first kappa shape index (κ1) is 88.9. The number of hydrogen-bond acceptors (Lipinski definition) is 27. The van der Waals surface area contributed by atoms with E-state index in [0.717, 1.165) is 65.2 Å². The zero-order chi connectivity index (χ0) is 74.1. The van der Waals surface area contributed by atoms with Gasteiger partial charge in [0.25, 0.3) is 11.6 Å². The predicted molar refractivity (Wildman–Crippen MR) is 354 cm³/mol. The number of carbonyl (C=O) groups is 5. The maximum atomic E-state index is 13.6. The van der Waals surface area contributed by atoms with Gasteiger partial charge < -0.3 is 136 Å². The van der Waals surface area contributed by atoms with Crippen molar-refractivity contribution >= 4 is 29.7 Å². The van der Waals surface area contributed by atoms with Crippen LogP contribution in [0.5, 0.6) is 0 Å². The van der Waals surface area contributed by atoms with Crippen molar-refractivity contribution in [2.24, 2.45) is 0 Å². The fourth-order valence-corrected chi connectivity index (χ4v) is 13.5. The molecule has 0 aromatic rings. The first-order valence-electron chi connectivity index (χ1n) is 36.5. The molecule has 100 heavy (non-hydrogen) atoms. The van der Waals surface area contributed by atoms with E-state index in [-0.39, 0.29) is 12.3 Å². The number of carboxylic acids is 2. The van der Waals surface area contributed by atoms with Crippen LogP contribution in [0.25, 0.3) is 0 Å². The smallest absolute Gasteiger partial charge is 0.364 e. The Labute approximate surface area is 586 Å². The van der Waals surface area contributed by atoms with E-state index in [4.69, 9.17) is 37.9 Å². The van der Waals surface area contributed by atoms with Crippen molar-refractivity contribution in [3.8, 4) is 0 Å². The summed E-state index contributed by atoms with van der Waals surface area (Å²) in [6.07, 6.45) is -12.6. The van der Waals surface area contributed by atoms with Crippen LogP contribution in [0.1, 0.15) is 220 Å². The monoisotopic (exact) mass is 1450 g/mol. The van der Waals surface area contributed by atoms with E-state index in [1.807, 2.05) is 0 Å². The molecule has 4 saturated heterocycles. The molecule has 4 aliphatic rings. The van der Waals surface area contributed by atoms with E-state index in [1.165, 1.54) is 103 Å². The molecule has 0 spiro atoms. The second-order valence-electron chi connectivity index (χ2n) is 27.5. The third-order valence-electron chi connectivity index (χ3n) is 19.3. The molecule has 0 saturated carbocycles. The molecule has 4 aliphatic heterocycles. The molecule has 0 radical (unpaired) electrons. The Morgan fingerprint density at radius 1 is 0.500 bits per heavy atom. The third-order valence-corrected chi connectivity index (χ3v) is 19.3. The summed E-state index contributed by atoms with van der Waals surface area (Å²) in [5.74, 6) is -13.1. The molecule has 4 fully saturated rings. The van der Waals surface area contributed by atoms with Crippen molar-refractivity contribution in [1.29, 1.82) is 0 Å². The molecule has 4 rings (SSSR count). The maximum absolute atomic E-state index is 13.6. The molecule has 19 N–H and O–H groups in total. The number of carboxylic acid groups (broad SMARTS) is 2. The van der Waals surface area contributed by atoms with E-state index in [2.05, 4.69) is 29.8 Å². The molecule has 24 unspecified atom stereocenters. The van der Waals surface area contributed by atoms with Gasteiger partial charge in [0.05, 0.1) is 69.5 Å². The van der Waals surface area contributed by atoms with Crippen LogP contribution in [0.2, 0.25) is 0 Å². The molecule has 24 atom stereocenters. The average Bonchev–Trinajstić information content (AvgIpc) is 0.759. The number of ether oxygens (including phenoxy) is 8. The van der Waals surface area contributed by atoms with Crippen molar-refractivity contribution in [2.45, 2.75) is 366 Å². The molecular formula is C68H123N3O29. The summed E-state index contributed by atoms with van der Waals surface area (Å²) in [7, 11) is 0. The third kappa shape index (κ3) is 27.4. The Bertz CT molecular complexity index is 2320. The van der Waals surface area contributed by atoms with Gasteiger partial charge in [0.1, 0.15) is 85.5 Å². The summed E-state index contributed by atoms with van der Waals surface area (Å²) in [6, 6.07) is -4.63. The number of aliphatic hydroxyl groups excluding tert-OH is 14. The van der Waals surface area contributed by atoms with Gasteiger partial charge in [-0.2, -0.15) is 0 Å². The number of nitrogens with one attached hydrogen (secondary N) is 3. The summed E-state index contributed by atoms with van der Waals surface area (Å²) in [6.45, 7) is 1.16. The zero-order valence-electron chi connectivity index (χ0n) is 58.9. The van der Waals surface area contributed by atoms with Gasteiger partial charge in [-0.25, -0.2) is 9.59 Å². The lowest BCUT2D eigenvalue weighted by molar-refractivity contribution is -0.388. The van der Waals surface area contributed by atoms with Crippen LogP contribution in [-0.4, -0.2) is 290 Å². The normalized spacial score (nSPS) is 32.1. The van der Waals surface area contributed by atoms with E-state index in [1.54, 1.807) is 0 Å².